The zero-order chi connectivity index (χ0) is 8.48. The summed E-state index contributed by atoms with van der Waals surface area (Å²) in [7, 11) is 1.88. The first-order chi connectivity index (χ1) is 5.05. The van der Waals surface area contributed by atoms with E-state index in [1.54, 1.807) is 13.8 Å². The molecule has 0 saturated carbocycles. The summed E-state index contributed by atoms with van der Waals surface area (Å²) in [5, 5.41) is 0. The maximum absolute atomic E-state index is 10.9. The van der Waals surface area contributed by atoms with E-state index in [1.807, 2.05) is 9.47 Å². The molecule has 2 atom stereocenters. The van der Waals surface area contributed by atoms with E-state index < -0.39 is 17.9 Å². The molecular formula is C6H11O4P. The lowest BCUT2D eigenvalue weighted by atomic mass is 10.4. The Morgan fingerprint density at radius 3 is 2.73 bits per heavy atom. The molecule has 1 saturated heterocycles. The largest absolute Gasteiger partial charge is 0.450 e. The molecule has 1 unspecified atom stereocenters. The van der Waals surface area contributed by atoms with Gasteiger partial charge in [-0.25, -0.2) is 4.79 Å². The summed E-state index contributed by atoms with van der Waals surface area (Å²) in [5.41, 5.74) is 0. The zero-order valence-electron chi connectivity index (χ0n) is 6.49. The van der Waals surface area contributed by atoms with Crippen molar-refractivity contribution >= 4 is 15.4 Å². The highest BCUT2D eigenvalue weighted by Gasteiger charge is 2.37. The van der Waals surface area contributed by atoms with Crippen molar-refractivity contribution < 1.29 is 18.8 Å². The van der Waals surface area contributed by atoms with Gasteiger partial charge < -0.3 is 14.0 Å². The van der Waals surface area contributed by atoms with E-state index in [0.29, 0.717) is 0 Å². The van der Waals surface area contributed by atoms with Crippen LogP contribution in [0, 0.1) is 0 Å². The van der Waals surface area contributed by atoms with Gasteiger partial charge in [0.15, 0.2) is 11.9 Å². The van der Waals surface area contributed by atoms with E-state index in [2.05, 4.69) is 4.52 Å². The molecule has 0 aromatic rings. The molecule has 0 bridgehead atoms. The predicted octanol–water partition coefficient (Wildman–Crippen LogP) is 0.471. The third-order valence-electron chi connectivity index (χ3n) is 1.39. The first-order valence-electron chi connectivity index (χ1n) is 3.27. The Bertz CT molecular complexity index is 168. The first kappa shape index (κ1) is 8.91. The van der Waals surface area contributed by atoms with E-state index in [9.17, 15) is 4.79 Å². The van der Waals surface area contributed by atoms with Gasteiger partial charge in [-0.05, 0) is 13.8 Å². The number of ether oxygens (including phenoxy) is 2. The minimum absolute atomic E-state index is 0.264. The van der Waals surface area contributed by atoms with Crippen LogP contribution >= 0.6 is 9.47 Å². The van der Waals surface area contributed by atoms with Crippen molar-refractivity contribution in [2.75, 3.05) is 6.61 Å². The van der Waals surface area contributed by atoms with Gasteiger partial charge in [0.2, 0.25) is 0 Å². The fourth-order valence-electron chi connectivity index (χ4n) is 0.879. The van der Waals surface area contributed by atoms with Crippen LogP contribution in [0.15, 0.2) is 0 Å². The lowest BCUT2D eigenvalue weighted by Crippen LogP contribution is -2.26. The third-order valence-corrected chi connectivity index (χ3v) is 1.62. The van der Waals surface area contributed by atoms with Gasteiger partial charge >= 0.3 is 5.97 Å². The Balaban J connectivity index is 2.48. The maximum Gasteiger partial charge on any atom is 0.339 e. The second-order valence-electron chi connectivity index (χ2n) is 2.75. The molecule has 0 radical (unpaired) electrons. The van der Waals surface area contributed by atoms with E-state index >= 15 is 0 Å². The van der Waals surface area contributed by atoms with Crippen molar-refractivity contribution in [2.45, 2.75) is 25.7 Å². The Morgan fingerprint density at radius 2 is 2.36 bits per heavy atom. The number of hydrogen-bond donors (Lipinski definition) is 0. The highest BCUT2D eigenvalue weighted by molar-refractivity contribution is 7.10. The van der Waals surface area contributed by atoms with Crippen molar-refractivity contribution in [2.24, 2.45) is 0 Å². The molecule has 0 spiro atoms. The van der Waals surface area contributed by atoms with Crippen LogP contribution in [-0.2, 0) is 18.8 Å². The Morgan fingerprint density at radius 1 is 1.73 bits per heavy atom. The van der Waals surface area contributed by atoms with Crippen LogP contribution in [-0.4, -0.2) is 24.5 Å². The molecule has 5 heteroatoms. The van der Waals surface area contributed by atoms with Crippen LogP contribution in [0.2, 0.25) is 0 Å². The second-order valence-corrected chi connectivity index (χ2v) is 2.99. The van der Waals surface area contributed by atoms with E-state index in [0.717, 1.165) is 0 Å². The van der Waals surface area contributed by atoms with Gasteiger partial charge in [0.1, 0.15) is 0 Å². The lowest BCUT2D eigenvalue weighted by molar-refractivity contribution is -0.161. The summed E-state index contributed by atoms with van der Waals surface area (Å²) < 4.78 is 14.7. The number of hydrogen-bond acceptors (Lipinski definition) is 4. The van der Waals surface area contributed by atoms with Gasteiger partial charge in [-0.2, -0.15) is 0 Å². The molecule has 0 aliphatic carbocycles. The molecule has 64 valence electrons. The molecule has 1 aliphatic rings. The monoisotopic (exact) mass is 178 g/mol. The smallest absolute Gasteiger partial charge is 0.339 e. The SMILES string of the molecule is CC1(C)OC[C@@H](C(=O)OP)O1. The summed E-state index contributed by atoms with van der Waals surface area (Å²) in [6.07, 6.45) is -0.581. The van der Waals surface area contributed by atoms with Crippen LogP contribution in [0.4, 0.5) is 0 Å². The quantitative estimate of drug-likeness (QED) is 0.547. The van der Waals surface area contributed by atoms with Crippen molar-refractivity contribution in [1.82, 2.24) is 0 Å². The molecule has 0 N–H and O–H groups in total. The predicted molar refractivity (Wildman–Crippen MR) is 40.7 cm³/mol. The number of rotatable bonds is 1. The average Bonchev–Trinajstić information content (AvgIpc) is 2.29. The van der Waals surface area contributed by atoms with Crippen molar-refractivity contribution in [3.63, 3.8) is 0 Å². The minimum atomic E-state index is -0.663. The van der Waals surface area contributed by atoms with Crippen LogP contribution < -0.4 is 0 Å². The molecule has 0 aromatic heterocycles. The highest BCUT2D eigenvalue weighted by Crippen LogP contribution is 2.23. The molecule has 4 nitrogen and oxygen atoms in total. The van der Waals surface area contributed by atoms with Gasteiger partial charge in [0, 0.05) is 0 Å². The Labute approximate surface area is 67.5 Å². The lowest BCUT2D eigenvalue weighted by Gasteiger charge is -2.15. The molecule has 1 heterocycles. The first-order valence-corrected chi connectivity index (χ1v) is 3.74. The minimum Gasteiger partial charge on any atom is -0.450 e. The van der Waals surface area contributed by atoms with Crippen LogP contribution in [0.25, 0.3) is 0 Å². The fourth-order valence-corrected chi connectivity index (χ4v) is 1.03. The summed E-state index contributed by atoms with van der Waals surface area (Å²) >= 11 is 0. The molecule has 11 heavy (non-hydrogen) atoms. The normalized spacial score (nSPS) is 28.5. The van der Waals surface area contributed by atoms with Gasteiger partial charge in [0.05, 0.1) is 16.1 Å². The van der Waals surface area contributed by atoms with Gasteiger partial charge in [-0.3, -0.25) is 0 Å². The van der Waals surface area contributed by atoms with Crippen molar-refractivity contribution in [3.05, 3.63) is 0 Å². The van der Waals surface area contributed by atoms with Crippen LogP contribution in [0.5, 0.6) is 0 Å². The Kier molecular flexibility index (Phi) is 2.47. The van der Waals surface area contributed by atoms with Crippen molar-refractivity contribution in [3.8, 4) is 0 Å². The topological polar surface area (TPSA) is 44.8 Å². The zero-order valence-corrected chi connectivity index (χ0v) is 7.65. The number of carbonyl (C=O) groups excluding carboxylic acids is 1. The second kappa shape index (κ2) is 3.05. The number of carbonyl (C=O) groups is 1. The summed E-state index contributed by atoms with van der Waals surface area (Å²) in [5.74, 6) is -1.08. The van der Waals surface area contributed by atoms with E-state index in [-0.39, 0.29) is 6.61 Å². The van der Waals surface area contributed by atoms with Gasteiger partial charge in [0.25, 0.3) is 0 Å². The highest BCUT2D eigenvalue weighted by atomic mass is 31.0. The fraction of sp³-hybridized carbons (Fsp3) is 0.833. The molecule has 1 rings (SSSR count). The summed E-state index contributed by atoms with van der Waals surface area (Å²) in [4.78, 5) is 10.9. The average molecular weight is 178 g/mol. The molecular weight excluding hydrogens is 167 g/mol. The molecule has 1 fully saturated rings. The Hall–Kier alpha value is -0.180. The molecule has 0 aromatic carbocycles. The van der Waals surface area contributed by atoms with Gasteiger partial charge in [-0.15, -0.1) is 0 Å². The van der Waals surface area contributed by atoms with Crippen molar-refractivity contribution in [1.29, 1.82) is 0 Å². The maximum atomic E-state index is 10.9. The third kappa shape index (κ3) is 2.12. The molecule has 1 aliphatic heterocycles. The summed E-state index contributed by atoms with van der Waals surface area (Å²) in [6.45, 7) is 3.77. The van der Waals surface area contributed by atoms with Gasteiger partial charge in [-0.1, -0.05) is 0 Å². The summed E-state index contributed by atoms with van der Waals surface area (Å²) in [6, 6.07) is 0. The molecule has 0 amide bonds. The van der Waals surface area contributed by atoms with Crippen LogP contribution in [0.1, 0.15) is 13.8 Å². The van der Waals surface area contributed by atoms with E-state index in [1.165, 1.54) is 0 Å². The standard InChI is InChI=1S/C6H11O4P/c1-6(2)8-3-4(9-6)5(7)10-11/h4H,3,11H2,1-2H3/t4-/m0/s1. The van der Waals surface area contributed by atoms with E-state index in [4.69, 9.17) is 9.47 Å². The van der Waals surface area contributed by atoms with Crippen LogP contribution in [0.3, 0.4) is 0 Å².